The van der Waals surface area contributed by atoms with Crippen molar-refractivity contribution in [2.24, 2.45) is 0 Å². The molecule has 0 amide bonds. The number of carbonyl (C=O) groups excluding carboxylic acids is 1. The second kappa shape index (κ2) is 7.36. The van der Waals surface area contributed by atoms with E-state index in [1.807, 2.05) is 12.1 Å². The number of nitrogens with two attached hydrogens (primary N) is 1. The van der Waals surface area contributed by atoms with E-state index < -0.39 is 0 Å². The fourth-order valence-electron chi connectivity index (χ4n) is 1.27. The molecule has 0 aliphatic heterocycles. The topological polar surface area (TPSA) is 52.3 Å². The van der Waals surface area contributed by atoms with Gasteiger partial charge in [-0.1, -0.05) is 23.7 Å². The summed E-state index contributed by atoms with van der Waals surface area (Å²) in [5, 5.41) is 0.524. The number of benzene rings is 1. The lowest BCUT2D eigenvalue weighted by molar-refractivity contribution is -0.143. The monoisotopic (exact) mass is 263 g/mol. The smallest absolute Gasteiger partial charge is 0.306 e. The van der Waals surface area contributed by atoms with E-state index in [-0.39, 0.29) is 18.4 Å². The minimum absolute atomic E-state index is 0. The second-order valence-corrected chi connectivity index (χ2v) is 3.52. The molecular formula is C11H15Cl2NO2. The lowest BCUT2D eigenvalue weighted by atomic mass is 10.1. The molecule has 0 aliphatic rings. The molecule has 0 bridgehead atoms. The third-order valence-electron chi connectivity index (χ3n) is 2.05. The summed E-state index contributed by atoms with van der Waals surface area (Å²) in [5.41, 5.74) is 7.19. The van der Waals surface area contributed by atoms with Gasteiger partial charge in [-0.15, -0.1) is 12.4 Å². The van der Waals surface area contributed by atoms with Crippen LogP contribution in [0.25, 0.3) is 0 Å². The molecule has 5 heteroatoms. The van der Waals surface area contributed by atoms with Crippen molar-refractivity contribution in [3.63, 3.8) is 0 Å². The van der Waals surface area contributed by atoms with Crippen molar-refractivity contribution < 1.29 is 9.53 Å². The highest BCUT2D eigenvalue weighted by Crippen LogP contribution is 2.23. The van der Waals surface area contributed by atoms with Crippen LogP contribution in [0.2, 0.25) is 5.02 Å². The first-order chi connectivity index (χ1) is 7.15. The first-order valence-electron chi connectivity index (χ1n) is 4.83. The van der Waals surface area contributed by atoms with Crippen LogP contribution < -0.4 is 5.73 Å². The van der Waals surface area contributed by atoms with Gasteiger partial charge in [-0.3, -0.25) is 4.79 Å². The van der Waals surface area contributed by atoms with E-state index in [2.05, 4.69) is 0 Å². The molecule has 0 aliphatic carbocycles. The molecule has 0 radical (unpaired) electrons. The van der Waals surface area contributed by atoms with Crippen molar-refractivity contribution >= 4 is 35.7 Å². The molecule has 1 aromatic rings. The Morgan fingerprint density at radius 1 is 1.50 bits per heavy atom. The number of ether oxygens (including phenoxy) is 1. The first kappa shape index (κ1) is 15.1. The Balaban J connectivity index is 0.00000225. The van der Waals surface area contributed by atoms with E-state index in [1.54, 1.807) is 13.0 Å². The van der Waals surface area contributed by atoms with Crippen LogP contribution in [0.1, 0.15) is 18.9 Å². The molecule has 0 unspecified atom stereocenters. The summed E-state index contributed by atoms with van der Waals surface area (Å²) in [6.07, 6.45) is 0.892. The van der Waals surface area contributed by atoms with Gasteiger partial charge in [0, 0.05) is 6.42 Å². The molecule has 0 atom stereocenters. The Kier molecular flexibility index (Phi) is 6.93. The molecule has 1 rings (SSSR count). The van der Waals surface area contributed by atoms with Crippen molar-refractivity contribution in [3.05, 3.63) is 28.8 Å². The number of carbonyl (C=O) groups is 1. The minimum Gasteiger partial charge on any atom is -0.466 e. The van der Waals surface area contributed by atoms with E-state index in [0.29, 0.717) is 30.2 Å². The van der Waals surface area contributed by atoms with Gasteiger partial charge in [0.1, 0.15) is 0 Å². The fraction of sp³-hybridized carbons (Fsp3) is 0.364. The Morgan fingerprint density at radius 3 is 2.81 bits per heavy atom. The van der Waals surface area contributed by atoms with Crippen LogP contribution in [0.3, 0.4) is 0 Å². The summed E-state index contributed by atoms with van der Waals surface area (Å²) < 4.78 is 4.82. The zero-order valence-corrected chi connectivity index (χ0v) is 10.6. The van der Waals surface area contributed by atoms with E-state index in [4.69, 9.17) is 22.1 Å². The van der Waals surface area contributed by atoms with Crippen molar-refractivity contribution in [2.75, 3.05) is 12.3 Å². The van der Waals surface area contributed by atoms with Crippen LogP contribution in [-0.2, 0) is 16.0 Å². The fourth-order valence-corrected chi connectivity index (χ4v) is 1.46. The molecule has 0 heterocycles. The highest BCUT2D eigenvalue weighted by Gasteiger charge is 2.06. The highest BCUT2D eigenvalue weighted by atomic mass is 35.5. The maximum Gasteiger partial charge on any atom is 0.306 e. The minimum atomic E-state index is -0.211. The average molecular weight is 264 g/mol. The maximum atomic E-state index is 11.1. The number of aryl methyl sites for hydroxylation is 1. The Hall–Kier alpha value is -0.930. The number of hydrogen-bond donors (Lipinski definition) is 1. The van der Waals surface area contributed by atoms with E-state index in [0.717, 1.165) is 5.56 Å². The molecule has 0 saturated heterocycles. The van der Waals surface area contributed by atoms with Gasteiger partial charge in [-0.05, 0) is 25.0 Å². The van der Waals surface area contributed by atoms with Gasteiger partial charge in [0.2, 0.25) is 0 Å². The standard InChI is InChI=1S/C11H14ClNO2.ClH/c1-2-15-10(14)7-6-8-4-3-5-9(12)11(8)13;/h3-5H,2,6-7,13H2,1H3;1H. The predicted molar refractivity (Wildman–Crippen MR) is 68.1 cm³/mol. The van der Waals surface area contributed by atoms with Crippen LogP contribution in [0.5, 0.6) is 0 Å². The number of esters is 1. The van der Waals surface area contributed by atoms with Crippen LogP contribution in [0, 0.1) is 0 Å². The molecule has 3 nitrogen and oxygen atoms in total. The maximum absolute atomic E-state index is 11.1. The predicted octanol–water partition coefficient (Wildman–Crippen LogP) is 2.84. The Labute approximate surface area is 106 Å². The molecule has 2 N–H and O–H groups in total. The van der Waals surface area contributed by atoms with Crippen molar-refractivity contribution in [1.82, 2.24) is 0 Å². The first-order valence-corrected chi connectivity index (χ1v) is 5.21. The zero-order valence-electron chi connectivity index (χ0n) is 9.03. The number of nitrogen functional groups attached to an aromatic ring is 1. The molecule has 0 spiro atoms. The van der Waals surface area contributed by atoms with Gasteiger partial charge in [0.25, 0.3) is 0 Å². The van der Waals surface area contributed by atoms with Crippen LogP contribution in [0.4, 0.5) is 5.69 Å². The number of rotatable bonds is 4. The Morgan fingerprint density at radius 2 is 2.19 bits per heavy atom. The lowest BCUT2D eigenvalue weighted by Gasteiger charge is -2.06. The molecular weight excluding hydrogens is 249 g/mol. The van der Waals surface area contributed by atoms with Crippen LogP contribution >= 0.6 is 24.0 Å². The third-order valence-corrected chi connectivity index (χ3v) is 2.38. The zero-order chi connectivity index (χ0) is 11.3. The number of anilines is 1. The van der Waals surface area contributed by atoms with Crippen molar-refractivity contribution in [2.45, 2.75) is 19.8 Å². The molecule has 16 heavy (non-hydrogen) atoms. The quantitative estimate of drug-likeness (QED) is 0.672. The summed E-state index contributed by atoms with van der Waals surface area (Å²) in [7, 11) is 0. The summed E-state index contributed by atoms with van der Waals surface area (Å²) in [6, 6.07) is 5.41. The summed E-state index contributed by atoms with van der Waals surface area (Å²) >= 11 is 5.85. The molecule has 0 saturated carbocycles. The third kappa shape index (κ3) is 4.29. The number of halogens is 2. The second-order valence-electron chi connectivity index (χ2n) is 3.12. The lowest BCUT2D eigenvalue weighted by Crippen LogP contribution is -2.06. The largest absolute Gasteiger partial charge is 0.466 e. The summed E-state index contributed by atoms with van der Waals surface area (Å²) in [4.78, 5) is 11.1. The van der Waals surface area contributed by atoms with Crippen molar-refractivity contribution in [3.8, 4) is 0 Å². The molecule has 0 aromatic heterocycles. The van der Waals surface area contributed by atoms with E-state index >= 15 is 0 Å². The number of para-hydroxylation sites is 1. The molecule has 0 fully saturated rings. The van der Waals surface area contributed by atoms with Crippen molar-refractivity contribution in [1.29, 1.82) is 0 Å². The highest BCUT2D eigenvalue weighted by molar-refractivity contribution is 6.33. The van der Waals surface area contributed by atoms with Crippen LogP contribution in [0.15, 0.2) is 18.2 Å². The van der Waals surface area contributed by atoms with E-state index in [1.165, 1.54) is 0 Å². The number of hydrogen-bond acceptors (Lipinski definition) is 3. The van der Waals surface area contributed by atoms with Gasteiger partial charge in [-0.2, -0.15) is 0 Å². The normalized spacial score (nSPS) is 9.38. The Bertz CT molecular complexity index is 356. The average Bonchev–Trinajstić information content (AvgIpc) is 2.21. The summed E-state index contributed by atoms with van der Waals surface area (Å²) in [5.74, 6) is -0.211. The van der Waals surface area contributed by atoms with Gasteiger partial charge in [0.15, 0.2) is 0 Å². The van der Waals surface area contributed by atoms with Gasteiger partial charge < -0.3 is 10.5 Å². The van der Waals surface area contributed by atoms with Crippen LogP contribution in [-0.4, -0.2) is 12.6 Å². The molecule has 90 valence electrons. The molecule has 1 aromatic carbocycles. The van der Waals surface area contributed by atoms with Gasteiger partial charge in [-0.25, -0.2) is 0 Å². The van der Waals surface area contributed by atoms with Gasteiger partial charge >= 0.3 is 5.97 Å². The van der Waals surface area contributed by atoms with E-state index in [9.17, 15) is 4.79 Å². The van der Waals surface area contributed by atoms with Gasteiger partial charge in [0.05, 0.1) is 17.3 Å². The summed E-state index contributed by atoms with van der Waals surface area (Å²) in [6.45, 7) is 2.19. The SMILES string of the molecule is CCOC(=O)CCc1cccc(Cl)c1N.Cl.